The van der Waals surface area contributed by atoms with Crippen molar-refractivity contribution in [3.8, 4) is 0 Å². The number of aliphatic carboxylic acids is 1. The predicted molar refractivity (Wildman–Crippen MR) is 99.9 cm³/mol. The van der Waals surface area contributed by atoms with E-state index in [1.807, 2.05) is 0 Å². The van der Waals surface area contributed by atoms with E-state index in [9.17, 15) is 23.1 Å². The van der Waals surface area contributed by atoms with E-state index in [-0.39, 0.29) is 28.5 Å². The Hall–Kier alpha value is -1.93. The van der Waals surface area contributed by atoms with Crippen LogP contribution in [0.15, 0.2) is 29.2 Å². The first kappa shape index (κ1) is 19.8. The van der Waals surface area contributed by atoms with Gasteiger partial charge in [-0.1, -0.05) is 18.9 Å². The van der Waals surface area contributed by atoms with Crippen LogP contribution in [-0.4, -0.2) is 48.4 Å². The Kier molecular flexibility index (Phi) is 5.58. The number of hydrogen-bond acceptors (Lipinski definition) is 4. The molecule has 1 amide bonds. The number of sulfonamides is 1. The highest BCUT2D eigenvalue weighted by Crippen LogP contribution is 2.40. The molecule has 1 aromatic rings. The molecule has 2 fully saturated rings. The maximum Gasteiger partial charge on any atom is 0.326 e. The van der Waals surface area contributed by atoms with Gasteiger partial charge in [-0.05, 0) is 57.2 Å². The van der Waals surface area contributed by atoms with E-state index < -0.39 is 27.9 Å². The molecule has 1 aromatic carbocycles. The fourth-order valence-corrected chi connectivity index (χ4v) is 5.59. The second-order valence-electron chi connectivity index (χ2n) is 7.72. The van der Waals surface area contributed by atoms with Gasteiger partial charge in [0.2, 0.25) is 10.0 Å². The largest absolute Gasteiger partial charge is 0.480 e. The average molecular weight is 394 g/mol. The van der Waals surface area contributed by atoms with Crippen molar-refractivity contribution in [1.82, 2.24) is 9.62 Å². The Bertz CT molecular complexity index is 836. The predicted octanol–water partition coefficient (Wildman–Crippen LogP) is 2.23. The highest BCUT2D eigenvalue weighted by molar-refractivity contribution is 7.89. The van der Waals surface area contributed by atoms with Crippen molar-refractivity contribution in [2.24, 2.45) is 5.92 Å². The third-order valence-corrected chi connectivity index (χ3v) is 7.05. The van der Waals surface area contributed by atoms with Gasteiger partial charge in [-0.25, -0.2) is 17.9 Å². The summed E-state index contributed by atoms with van der Waals surface area (Å²) in [5.74, 6) is -1.19. The zero-order chi connectivity index (χ0) is 19.8. The zero-order valence-corrected chi connectivity index (χ0v) is 16.4. The van der Waals surface area contributed by atoms with Gasteiger partial charge in [0, 0.05) is 17.6 Å². The van der Waals surface area contributed by atoms with Crippen molar-refractivity contribution in [1.29, 1.82) is 0 Å². The lowest BCUT2D eigenvalue weighted by Gasteiger charge is -2.33. The number of carboxylic acid groups (broad SMARTS) is 1. The van der Waals surface area contributed by atoms with Crippen LogP contribution in [0.5, 0.6) is 0 Å². The molecule has 0 spiro atoms. The Morgan fingerprint density at radius 1 is 1.22 bits per heavy atom. The van der Waals surface area contributed by atoms with Crippen LogP contribution in [0.4, 0.5) is 0 Å². The highest BCUT2D eigenvalue weighted by atomic mass is 32.2. The second-order valence-corrected chi connectivity index (χ2v) is 9.43. The molecular weight excluding hydrogens is 368 g/mol. The van der Waals surface area contributed by atoms with Crippen molar-refractivity contribution in [3.05, 3.63) is 29.8 Å². The molecule has 2 aliphatic rings. The van der Waals surface area contributed by atoms with Gasteiger partial charge in [0.15, 0.2) is 0 Å². The molecule has 1 saturated heterocycles. The highest BCUT2D eigenvalue weighted by Gasteiger charge is 2.47. The van der Waals surface area contributed by atoms with E-state index >= 15 is 0 Å². The minimum Gasteiger partial charge on any atom is -0.480 e. The normalized spacial score (nSPS) is 25.4. The topological polar surface area (TPSA) is 104 Å². The number of nitrogens with zero attached hydrogens (tertiary/aromatic N) is 1. The van der Waals surface area contributed by atoms with E-state index in [0.29, 0.717) is 6.42 Å². The summed E-state index contributed by atoms with van der Waals surface area (Å²) < 4.78 is 27.3. The summed E-state index contributed by atoms with van der Waals surface area (Å²) in [5.41, 5.74) is 0.208. The number of carbonyl (C=O) groups is 2. The molecule has 3 unspecified atom stereocenters. The van der Waals surface area contributed by atoms with Crippen LogP contribution in [-0.2, 0) is 14.8 Å². The van der Waals surface area contributed by atoms with Crippen LogP contribution in [0.25, 0.3) is 0 Å². The number of benzene rings is 1. The summed E-state index contributed by atoms with van der Waals surface area (Å²) in [6.45, 7) is 3.44. The summed E-state index contributed by atoms with van der Waals surface area (Å²) in [7, 11) is -3.73. The van der Waals surface area contributed by atoms with Gasteiger partial charge in [0.25, 0.3) is 5.91 Å². The van der Waals surface area contributed by atoms with Crippen LogP contribution in [0.2, 0.25) is 0 Å². The summed E-state index contributed by atoms with van der Waals surface area (Å²) >= 11 is 0. The molecule has 3 rings (SSSR count). The monoisotopic (exact) mass is 394 g/mol. The first-order chi connectivity index (χ1) is 12.7. The van der Waals surface area contributed by atoms with E-state index in [2.05, 4.69) is 4.72 Å². The van der Waals surface area contributed by atoms with Crippen LogP contribution in [0, 0.1) is 5.92 Å². The summed E-state index contributed by atoms with van der Waals surface area (Å²) in [6, 6.07) is 4.64. The molecule has 1 saturated carbocycles. The fraction of sp³-hybridized carbons (Fsp3) is 0.579. The van der Waals surface area contributed by atoms with Crippen LogP contribution >= 0.6 is 0 Å². The third kappa shape index (κ3) is 4.01. The number of likely N-dealkylation sites (tertiary alicyclic amines) is 1. The van der Waals surface area contributed by atoms with E-state index in [0.717, 1.165) is 25.7 Å². The lowest BCUT2D eigenvalue weighted by Crippen LogP contribution is -2.46. The van der Waals surface area contributed by atoms with E-state index in [4.69, 9.17) is 0 Å². The van der Waals surface area contributed by atoms with Crippen molar-refractivity contribution in [2.45, 2.75) is 69.0 Å². The Morgan fingerprint density at radius 2 is 1.93 bits per heavy atom. The van der Waals surface area contributed by atoms with Gasteiger partial charge in [-0.2, -0.15) is 0 Å². The van der Waals surface area contributed by atoms with Crippen molar-refractivity contribution in [2.75, 3.05) is 0 Å². The molecule has 27 heavy (non-hydrogen) atoms. The zero-order valence-electron chi connectivity index (χ0n) is 15.6. The Labute approximate surface area is 159 Å². The second kappa shape index (κ2) is 7.59. The van der Waals surface area contributed by atoms with E-state index in [1.54, 1.807) is 19.9 Å². The summed E-state index contributed by atoms with van der Waals surface area (Å²) in [6.07, 6.45) is 4.24. The fourth-order valence-electron chi connectivity index (χ4n) is 4.30. The molecule has 0 radical (unpaired) electrons. The molecule has 1 aliphatic carbocycles. The van der Waals surface area contributed by atoms with E-state index in [1.165, 1.54) is 23.1 Å². The molecule has 3 atom stereocenters. The van der Waals surface area contributed by atoms with Crippen molar-refractivity contribution < 1.29 is 23.1 Å². The van der Waals surface area contributed by atoms with Gasteiger partial charge in [0.1, 0.15) is 6.04 Å². The molecular formula is C19H26N2O5S. The Morgan fingerprint density at radius 3 is 2.59 bits per heavy atom. The summed E-state index contributed by atoms with van der Waals surface area (Å²) in [4.78, 5) is 26.4. The van der Waals surface area contributed by atoms with Crippen LogP contribution < -0.4 is 4.72 Å². The van der Waals surface area contributed by atoms with Gasteiger partial charge < -0.3 is 10.0 Å². The molecule has 2 N–H and O–H groups in total. The molecule has 0 aromatic heterocycles. The maximum absolute atomic E-state index is 13.2. The van der Waals surface area contributed by atoms with Gasteiger partial charge in [-0.15, -0.1) is 0 Å². The molecule has 148 valence electrons. The maximum atomic E-state index is 13.2. The molecule has 1 aliphatic heterocycles. The van der Waals surface area contributed by atoms with Crippen LogP contribution in [0.1, 0.15) is 56.3 Å². The van der Waals surface area contributed by atoms with Gasteiger partial charge in [-0.3, -0.25) is 4.79 Å². The summed E-state index contributed by atoms with van der Waals surface area (Å²) in [5, 5.41) is 9.61. The number of carbonyl (C=O) groups excluding carboxylic acids is 1. The van der Waals surface area contributed by atoms with Gasteiger partial charge >= 0.3 is 5.97 Å². The SMILES string of the molecule is CC(C)NS(=O)(=O)c1cccc(C(=O)N2C(C(=O)O)CC3CCCCC32)c1. The number of carboxylic acids is 1. The molecule has 0 bridgehead atoms. The number of nitrogens with one attached hydrogen (secondary N) is 1. The lowest BCUT2D eigenvalue weighted by molar-refractivity contribution is -0.141. The lowest BCUT2D eigenvalue weighted by atomic mass is 9.84. The average Bonchev–Trinajstić information content (AvgIpc) is 3.00. The third-order valence-electron chi connectivity index (χ3n) is 5.39. The molecule has 8 heteroatoms. The van der Waals surface area contributed by atoms with Crippen molar-refractivity contribution in [3.63, 3.8) is 0 Å². The van der Waals surface area contributed by atoms with Crippen LogP contribution in [0.3, 0.4) is 0 Å². The smallest absolute Gasteiger partial charge is 0.326 e. The minimum absolute atomic E-state index is 0.00770. The Balaban J connectivity index is 1.92. The first-order valence-electron chi connectivity index (χ1n) is 9.38. The molecule has 1 heterocycles. The minimum atomic E-state index is -3.73. The number of rotatable bonds is 5. The van der Waals surface area contributed by atoms with Crippen molar-refractivity contribution >= 4 is 21.9 Å². The number of hydrogen-bond donors (Lipinski definition) is 2. The molecule has 7 nitrogen and oxygen atoms in total. The number of amides is 1. The standard InChI is InChI=1S/C19H26N2O5S/c1-12(2)20-27(25,26)15-8-5-7-14(10-15)18(22)21-16-9-4-3-6-13(16)11-17(21)19(23)24/h5,7-8,10,12-13,16-17,20H,3-4,6,9,11H2,1-2H3,(H,23,24). The van der Waals surface area contributed by atoms with Gasteiger partial charge in [0.05, 0.1) is 4.90 Å². The quantitative estimate of drug-likeness (QED) is 0.797. The first-order valence-corrected chi connectivity index (χ1v) is 10.9. The number of fused-ring (bicyclic) bond motifs is 1.